The molecule has 3 N–H and O–H groups in total. The van der Waals surface area contributed by atoms with Gasteiger partial charge < -0.3 is 15.2 Å². The van der Waals surface area contributed by atoms with Crippen LogP contribution >= 0.6 is 11.3 Å². The van der Waals surface area contributed by atoms with Crippen LogP contribution in [0.1, 0.15) is 50.1 Å². The van der Waals surface area contributed by atoms with Gasteiger partial charge in [0, 0.05) is 12.1 Å². The highest BCUT2D eigenvalue weighted by molar-refractivity contribution is 7.83. The highest BCUT2D eigenvalue weighted by Crippen LogP contribution is 2.38. The summed E-state index contributed by atoms with van der Waals surface area (Å²) in [5, 5.41) is 14.0. The second-order valence-corrected chi connectivity index (χ2v) is 12.3. The van der Waals surface area contributed by atoms with Gasteiger partial charge in [0.2, 0.25) is 0 Å². The molecule has 0 radical (unpaired) electrons. The second-order valence-electron chi connectivity index (χ2n) is 10.1. The molecule has 1 aromatic heterocycles. The van der Waals surface area contributed by atoms with E-state index in [-0.39, 0.29) is 23.1 Å². The molecule has 0 fully saturated rings. The third-order valence-corrected chi connectivity index (χ3v) is 7.24. The zero-order chi connectivity index (χ0) is 27.6. The molecule has 0 aliphatic heterocycles. The number of nitrogens with one attached hydrogen (secondary N) is 2. The summed E-state index contributed by atoms with van der Waals surface area (Å²) >= 11 is 1.14. The van der Waals surface area contributed by atoms with E-state index in [0.29, 0.717) is 26.9 Å². The number of aliphatic hydroxyl groups is 1. The van der Waals surface area contributed by atoms with E-state index in [1.165, 1.54) is 6.07 Å². The molecule has 1 atom stereocenters. The summed E-state index contributed by atoms with van der Waals surface area (Å²) in [6, 6.07) is 10.1. The Morgan fingerprint density at radius 2 is 1.70 bits per heavy atom. The van der Waals surface area contributed by atoms with Gasteiger partial charge in [-0.3, -0.25) is 4.79 Å². The van der Waals surface area contributed by atoms with Gasteiger partial charge in [0.25, 0.3) is 5.91 Å². The maximum absolute atomic E-state index is 12.8. The van der Waals surface area contributed by atoms with Gasteiger partial charge in [-0.05, 0) is 51.5 Å². The summed E-state index contributed by atoms with van der Waals surface area (Å²) in [5.41, 5.74) is -0.381. The lowest BCUT2D eigenvalue weighted by atomic mass is 10.0. The largest absolute Gasteiger partial charge is 0.402 e. The van der Waals surface area contributed by atoms with Gasteiger partial charge in [-0.15, -0.1) is 11.3 Å². The topological polar surface area (TPSA) is 101 Å². The second kappa shape index (κ2) is 11.2. The van der Waals surface area contributed by atoms with Crippen LogP contribution < -0.4 is 10.0 Å². The van der Waals surface area contributed by atoms with Crippen molar-refractivity contribution in [2.75, 3.05) is 13.1 Å². The molecule has 0 saturated carbocycles. The Morgan fingerprint density at radius 3 is 2.30 bits per heavy atom. The van der Waals surface area contributed by atoms with Crippen molar-refractivity contribution >= 4 is 39.0 Å². The SMILES string of the molecule is CC(C)(O)CNC(=O)c1nc(COC(C)(C)C)c(-c2ccc(S(=O)NCC(F)(F)F)c3ccccc23)s1. The summed E-state index contributed by atoms with van der Waals surface area (Å²) in [4.78, 5) is 18.2. The molecule has 1 unspecified atom stereocenters. The number of halogens is 3. The first-order valence-corrected chi connectivity index (χ1v) is 13.4. The maximum atomic E-state index is 12.8. The summed E-state index contributed by atoms with van der Waals surface area (Å²) in [7, 11) is -2.10. The molecule has 37 heavy (non-hydrogen) atoms. The molecule has 0 bridgehead atoms. The number of amides is 1. The Hall–Kier alpha value is -2.38. The first kappa shape index (κ1) is 29.2. The zero-order valence-electron chi connectivity index (χ0n) is 21.2. The average Bonchev–Trinajstić information content (AvgIpc) is 3.21. The Balaban J connectivity index is 2.06. The van der Waals surface area contributed by atoms with Crippen LogP contribution in [0.15, 0.2) is 41.3 Å². The van der Waals surface area contributed by atoms with Crippen molar-refractivity contribution in [1.82, 2.24) is 15.0 Å². The van der Waals surface area contributed by atoms with Crippen molar-refractivity contribution in [3.8, 4) is 10.4 Å². The minimum Gasteiger partial charge on any atom is -0.389 e. The fourth-order valence-corrected chi connectivity index (χ4v) is 5.31. The number of ether oxygens (including phenoxy) is 1. The minimum atomic E-state index is -4.50. The molecule has 3 rings (SSSR count). The van der Waals surface area contributed by atoms with Crippen LogP contribution in [-0.4, -0.2) is 50.7 Å². The lowest BCUT2D eigenvalue weighted by Crippen LogP contribution is -2.38. The number of hydrogen-bond donors (Lipinski definition) is 3. The Kier molecular flexibility index (Phi) is 8.80. The number of thiazole rings is 1. The van der Waals surface area contributed by atoms with E-state index in [1.807, 2.05) is 25.5 Å². The standard InChI is InChI=1S/C25H30F3N3O4S2/c1-23(2,3)35-12-18-20(36-22(31-18)21(32)29-13-24(4,5)33)17-10-11-19(16-9-7-6-8-15(16)17)37(34)30-14-25(26,27)28/h6-11,30,33H,12-14H2,1-5H3,(H,29,32). The normalized spacial score (nSPS) is 13.6. The summed E-state index contributed by atoms with van der Waals surface area (Å²) in [6.07, 6.45) is -4.50. The molecule has 3 aromatic rings. The van der Waals surface area contributed by atoms with Crippen LogP contribution in [0.3, 0.4) is 0 Å². The van der Waals surface area contributed by atoms with Gasteiger partial charge in [-0.25, -0.2) is 13.9 Å². The predicted octanol–water partition coefficient (Wildman–Crippen LogP) is 4.95. The monoisotopic (exact) mass is 557 g/mol. The van der Waals surface area contributed by atoms with Crippen LogP contribution in [-0.2, 0) is 22.3 Å². The highest BCUT2D eigenvalue weighted by atomic mass is 32.2. The summed E-state index contributed by atoms with van der Waals surface area (Å²) in [6.45, 7) is 7.58. The molecule has 0 aliphatic rings. The fraction of sp³-hybridized carbons (Fsp3) is 0.440. The van der Waals surface area contributed by atoms with Crippen LogP contribution in [0.25, 0.3) is 21.2 Å². The van der Waals surface area contributed by atoms with E-state index < -0.39 is 40.8 Å². The number of benzene rings is 2. The first-order chi connectivity index (χ1) is 17.0. The molecule has 2 aromatic carbocycles. The number of carbonyl (C=O) groups is 1. The van der Waals surface area contributed by atoms with Crippen molar-refractivity contribution in [3.05, 3.63) is 47.1 Å². The van der Waals surface area contributed by atoms with Gasteiger partial charge in [0.1, 0.15) is 17.5 Å². The predicted molar refractivity (Wildman–Crippen MR) is 139 cm³/mol. The van der Waals surface area contributed by atoms with Gasteiger partial charge in [-0.1, -0.05) is 30.3 Å². The molecule has 0 aliphatic carbocycles. The molecule has 1 heterocycles. The van der Waals surface area contributed by atoms with Crippen LogP contribution in [0.4, 0.5) is 13.2 Å². The van der Waals surface area contributed by atoms with Crippen molar-refractivity contribution in [1.29, 1.82) is 0 Å². The maximum Gasteiger partial charge on any atom is 0.402 e. The zero-order valence-corrected chi connectivity index (χ0v) is 22.8. The molecule has 0 saturated heterocycles. The first-order valence-electron chi connectivity index (χ1n) is 11.4. The number of alkyl halides is 3. The lowest BCUT2D eigenvalue weighted by molar-refractivity contribution is -0.121. The smallest absolute Gasteiger partial charge is 0.389 e. The van der Waals surface area contributed by atoms with E-state index in [1.54, 1.807) is 44.2 Å². The van der Waals surface area contributed by atoms with Crippen LogP contribution in [0.2, 0.25) is 0 Å². The minimum absolute atomic E-state index is 0.0307. The molecule has 0 spiro atoms. The van der Waals surface area contributed by atoms with Crippen molar-refractivity contribution in [3.63, 3.8) is 0 Å². The molecule has 202 valence electrons. The highest BCUT2D eigenvalue weighted by Gasteiger charge is 2.28. The van der Waals surface area contributed by atoms with Crippen molar-refractivity contribution in [2.45, 2.75) is 63.5 Å². The number of fused-ring (bicyclic) bond motifs is 1. The molecular formula is C25H30F3N3O4S2. The van der Waals surface area contributed by atoms with Gasteiger partial charge in [0.15, 0.2) is 5.01 Å². The van der Waals surface area contributed by atoms with E-state index in [0.717, 1.165) is 11.3 Å². The third kappa shape index (κ3) is 8.30. The van der Waals surface area contributed by atoms with E-state index in [2.05, 4.69) is 10.3 Å². The van der Waals surface area contributed by atoms with Gasteiger partial charge in [0.05, 0.1) is 33.3 Å². The number of rotatable bonds is 9. The van der Waals surface area contributed by atoms with E-state index in [4.69, 9.17) is 4.74 Å². The third-order valence-electron chi connectivity index (χ3n) is 4.95. The fourth-order valence-electron chi connectivity index (χ4n) is 3.27. The average molecular weight is 558 g/mol. The Bertz CT molecular complexity index is 1300. The Morgan fingerprint density at radius 1 is 1.05 bits per heavy atom. The van der Waals surface area contributed by atoms with Gasteiger partial charge >= 0.3 is 6.18 Å². The lowest BCUT2D eigenvalue weighted by Gasteiger charge is -2.19. The number of aromatic nitrogens is 1. The van der Waals surface area contributed by atoms with Gasteiger partial charge in [-0.2, -0.15) is 13.2 Å². The van der Waals surface area contributed by atoms with E-state index in [9.17, 15) is 27.3 Å². The number of carbonyl (C=O) groups excluding carboxylic acids is 1. The quantitative estimate of drug-likeness (QED) is 0.346. The summed E-state index contributed by atoms with van der Waals surface area (Å²) in [5.74, 6) is -0.450. The Labute approximate surface area is 220 Å². The van der Waals surface area contributed by atoms with E-state index >= 15 is 0 Å². The van der Waals surface area contributed by atoms with Crippen LogP contribution in [0.5, 0.6) is 0 Å². The number of hydrogen-bond acceptors (Lipinski definition) is 6. The summed E-state index contributed by atoms with van der Waals surface area (Å²) < 4.78 is 58.6. The molecule has 7 nitrogen and oxygen atoms in total. The molecular weight excluding hydrogens is 527 g/mol. The molecule has 1 amide bonds. The van der Waals surface area contributed by atoms with Crippen molar-refractivity contribution in [2.24, 2.45) is 0 Å². The molecule has 12 heteroatoms. The van der Waals surface area contributed by atoms with Crippen LogP contribution in [0, 0.1) is 0 Å². The van der Waals surface area contributed by atoms with Crippen molar-refractivity contribution < 1.29 is 32.0 Å². The number of nitrogens with zero attached hydrogens (tertiary/aromatic N) is 1.